The summed E-state index contributed by atoms with van der Waals surface area (Å²) >= 11 is 5.72. The van der Waals surface area contributed by atoms with Crippen molar-refractivity contribution in [3.63, 3.8) is 0 Å². The highest BCUT2D eigenvalue weighted by Gasteiger charge is 2.23. The Morgan fingerprint density at radius 2 is 1.71 bits per heavy atom. The number of halogens is 1. The van der Waals surface area contributed by atoms with Crippen LogP contribution < -0.4 is 10.5 Å². The summed E-state index contributed by atoms with van der Waals surface area (Å²) in [5, 5.41) is 19.1. The minimum atomic E-state index is -4.26. The summed E-state index contributed by atoms with van der Waals surface area (Å²) in [5.74, 6) is -2.02. The van der Waals surface area contributed by atoms with Crippen molar-refractivity contribution in [3.8, 4) is 11.5 Å². The summed E-state index contributed by atoms with van der Waals surface area (Å²) in [5.41, 5.74) is 5.52. The molecule has 0 radical (unpaired) electrons. The molecule has 0 saturated carbocycles. The molecule has 0 fully saturated rings. The van der Waals surface area contributed by atoms with Gasteiger partial charge in [-0.05, 0) is 48.0 Å². The molecular formula is C15H13ClN2O5S. The SMILES string of the molecule is NC(=O)/C(=C\c1ccc(O)c(O)c1)S(=O)(=O)Nc1ccc(Cl)cc1. The normalized spacial score (nSPS) is 12.0. The maximum absolute atomic E-state index is 12.4. The first kappa shape index (κ1) is 17.6. The second kappa shape index (κ2) is 6.81. The lowest BCUT2D eigenvalue weighted by Gasteiger charge is -2.09. The molecule has 0 bridgehead atoms. The van der Waals surface area contributed by atoms with Gasteiger partial charge in [-0.1, -0.05) is 17.7 Å². The van der Waals surface area contributed by atoms with Crippen molar-refractivity contribution in [2.45, 2.75) is 0 Å². The number of anilines is 1. The molecule has 0 spiro atoms. The zero-order valence-electron chi connectivity index (χ0n) is 12.1. The number of primary amides is 1. The van der Waals surface area contributed by atoms with Gasteiger partial charge in [0.15, 0.2) is 16.4 Å². The van der Waals surface area contributed by atoms with Gasteiger partial charge < -0.3 is 15.9 Å². The molecule has 5 N–H and O–H groups in total. The molecule has 0 atom stereocenters. The molecule has 9 heteroatoms. The lowest BCUT2D eigenvalue weighted by molar-refractivity contribution is -0.113. The minimum Gasteiger partial charge on any atom is -0.504 e. The smallest absolute Gasteiger partial charge is 0.267 e. The van der Waals surface area contributed by atoms with E-state index in [0.29, 0.717) is 5.02 Å². The first-order valence-corrected chi connectivity index (χ1v) is 8.37. The fraction of sp³-hybridized carbons (Fsp3) is 0. The van der Waals surface area contributed by atoms with Crippen LogP contribution >= 0.6 is 11.6 Å². The number of rotatable bonds is 5. The zero-order chi connectivity index (χ0) is 17.9. The van der Waals surface area contributed by atoms with E-state index in [4.69, 9.17) is 17.3 Å². The summed E-state index contributed by atoms with van der Waals surface area (Å²) in [6.07, 6.45) is 0.986. The average Bonchev–Trinajstić information content (AvgIpc) is 2.50. The molecule has 2 aromatic carbocycles. The number of carbonyl (C=O) groups is 1. The van der Waals surface area contributed by atoms with E-state index in [9.17, 15) is 23.4 Å². The van der Waals surface area contributed by atoms with Gasteiger partial charge >= 0.3 is 0 Å². The van der Waals surface area contributed by atoms with E-state index in [1.165, 1.54) is 30.3 Å². The molecule has 1 amide bonds. The number of aromatic hydroxyl groups is 2. The van der Waals surface area contributed by atoms with Crippen LogP contribution in [-0.4, -0.2) is 24.5 Å². The fourth-order valence-electron chi connectivity index (χ4n) is 1.79. The zero-order valence-corrected chi connectivity index (χ0v) is 13.7. The third kappa shape index (κ3) is 4.18. The van der Waals surface area contributed by atoms with Gasteiger partial charge in [-0.2, -0.15) is 0 Å². The van der Waals surface area contributed by atoms with E-state index in [1.54, 1.807) is 0 Å². The molecule has 0 aliphatic rings. The largest absolute Gasteiger partial charge is 0.504 e. The predicted molar refractivity (Wildman–Crippen MR) is 90.9 cm³/mol. The average molecular weight is 369 g/mol. The Morgan fingerprint density at radius 1 is 1.08 bits per heavy atom. The monoisotopic (exact) mass is 368 g/mol. The van der Waals surface area contributed by atoms with Gasteiger partial charge in [-0.15, -0.1) is 0 Å². The summed E-state index contributed by atoms with van der Waals surface area (Å²) < 4.78 is 26.9. The number of nitrogens with two attached hydrogens (primary N) is 1. The number of sulfonamides is 1. The van der Waals surface area contributed by atoms with Gasteiger partial charge in [-0.25, -0.2) is 8.42 Å². The standard InChI is InChI=1S/C15H13ClN2O5S/c16-10-2-4-11(5-3-10)18-24(22,23)14(15(17)21)8-9-1-6-12(19)13(20)7-9/h1-8,18-20H,(H2,17,21)/b14-8+. The Labute approximate surface area is 143 Å². The van der Waals surface area contributed by atoms with Gasteiger partial charge in [0.25, 0.3) is 15.9 Å². The third-order valence-electron chi connectivity index (χ3n) is 2.93. The molecule has 0 saturated heterocycles. The summed E-state index contributed by atoms with van der Waals surface area (Å²) in [6, 6.07) is 9.36. The maximum Gasteiger partial charge on any atom is 0.267 e. The highest BCUT2D eigenvalue weighted by atomic mass is 35.5. The van der Waals surface area contributed by atoms with E-state index < -0.39 is 26.6 Å². The molecule has 0 aromatic heterocycles. The number of nitrogens with one attached hydrogen (secondary N) is 1. The lowest BCUT2D eigenvalue weighted by Crippen LogP contribution is -2.25. The number of benzene rings is 2. The maximum atomic E-state index is 12.4. The van der Waals surface area contributed by atoms with Gasteiger partial charge in [-0.3, -0.25) is 9.52 Å². The van der Waals surface area contributed by atoms with Crippen LogP contribution in [0.1, 0.15) is 5.56 Å². The Bertz CT molecular complexity index is 908. The minimum absolute atomic E-state index is 0.167. The van der Waals surface area contributed by atoms with Gasteiger partial charge in [0.05, 0.1) is 0 Å². The number of phenolic OH excluding ortho intramolecular Hbond substituents is 2. The van der Waals surface area contributed by atoms with Crippen molar-refractivity contribution in [2.75, 3.05) is 4.72 Å². The topological polar surface area (TPSA) is 130 Å². The van der Waals surface area contributed by atoms with Crippen LogP contribution in [0.2, 0.25) is 5.02 Å². The van der Waals surface area contributed by atoms with Gasteiger partial charge in [0.1, 0.15) is 0 Å². The van der Waals surface area contributed by atoms with Crippen molar-refractivity contribution in [1.29, 1.82) is 0 Å². The van der Waals surface area contributed by atoms with Gasteiger partial charge in [0.2, 0.25) is 0 Å². The molecule has 24 heavy (non-hydrogen) atoms. The van der Waals surface area contributed by atoms with E-state index in [-0.39, 0.29) is 17.0 Å². The molecule has 2 aromatic rings. The molecule has 0 heterocycles. The number of carbonyl (C=O) groups excluding carboxylic acids is 1. The molecule has 7 nitrogen and oxygen atoms in total. The Hall–Kier alpha value is -2.71. The Morgan fingerprint density at radius 3 is 2.25 bits per heavy atom. The van der Waals surface area contributed by atoms with Crippen LogP contribution in [0.4, 0.5) is 5.69 Å². The molecule has 0 unspecified atom stereocenters. The van der Waals surface area contributed by atoms with Crippen molar-refractivity contribution in [2.24, 2.45) is 5.73 Å². The third-order valence-corrected chi connectivity index (χ3v) is 4.58. The number of phenols is 2. The molecule has 0 aliphatic heterocycles. The highest BCUT2D eigenvalue weighted by molar-refractivity contribution is 7.97. The Balaban J connectivity index is 2.41. The molecule has 0 aliphatic carbocycles. The van der Waals surface area contributed by atoms with Crippen molar-refractivity contribution in [3.05, 3.63) is 58.0 Å². The first-order valence-electron chi connectivity index (χ1n) is 6.51. The second-order valence-electron chi connectivity index (χ2n) is 4.73. The van der Waals surface area contributed by atoms with Gasteiger partial charge in [0, 0.05) is 10.7 Å². The van der Waals surface area contributed by atoms with E-state index in [0.717, 1.165) is 18.2 Å². The fourth-order valence-corrected chi connectivity index (χ4v) is 3.03. The summed E-state index contributed by atoms with van der Waals surface area (Å²) in [4.78, 5) is 10.8. The van der Waals surface area contributed by atoms with Crippen LogP contribution in [0.5, 0.6) is 11.5 Å². The summed E-state index contributed by atoms with van der Waals surface area (Å²) in [7, 11) is -4.26. The van der Waals surface area contributed by atoms with Crippen molar-refractivity contribution in [1.82, 2.24) is 0 Å². The summed E-state index contributed by atoms with van der Waals surface area (Å²) in [6.45, 7) is 0. The van der Waals surface area contributed by atoms with Crippen LogP contribution in [0, 0.1) is 0 Å². The van der Waals surface area contributed by atoms with Crippen LogP contribution in [0.3, 0.4) is 0 Å². The van der Waals surface area contributed by atoms with Crippen LogP contribution in [-0.2, 0) is 14.8 Å². The van der Waals surface area contributed by atoms with Crippen molar-refractivity contribution < 1.29 is 23.4 Å². The van der Waals surface area contributed by atoms with E-state index in [2.05, 4.69) is 4.72 Å². The highest BCUT2D eigenvalue weighted by Crippen LogP contribution is 2.27. The molecular weight excluding hydrogens is 356 g/mol. The number of amides is 1. The quantitative estimate of drug-likeness (QED) is 0.474. The Kier molecular flexibility index (Phi) is 5.01. The number of hydrogen-bond acceptors (Lipinski definition) is 5. The van der Waals surface area contributed by atoms with Crippen LogP contribution in [0.25, 0.3) is 6.08 Å². The molecule has 126 valence electrons. The first-order chi connectivity index (χ1) is 11.2. The second-order valence-corrected chi connectivity index (χ2v) is 6.82. The van der Waals surface area contributed by atoms with E-state index in [1.807, 2.05) is 0 Å². The predicted octanol–water partition coefficient (Wildman–Crippen LogP) is 2.02. The lowest BCUT2D eigenvalue weighted by atomic mass is 10.2. The van der Waals surface area contributed by atoms with Crippen molar-refractivity contribution >= 4 is 39.3 Å². The van der Waals surface area contributed by atoms with E-state index >= 15 is 0 Å². The van der Waals surface area contributed by atoms with Crippen LogP contribution in [0.15, 0.2) is 47.4 Å². The molecule has 2 rings (SSSR count). The number of hydrogen-bond donors (Lipinski definition) is 4.